The van der Waals surface area contributed by atoms with Crippen LogP contribution in [0.5, 0.6) is 0 Å². The Morgan fingerprint density at radius 3 is 2.39 bits per heavy atom. The fraction of sp³-hybridized carbons (Fsp3) is 0.200. The Balaban J connectivity index is 1.87. The van der Waals surface area contributed by atoms with Crippen LogP contribution in [0.25, 0.3) is 22.0 Å². The SMILES string of the molecule is O=C1c2ccccc2-c2cc(N3CCCC3)nc3cccc1c23. The minimum Gasteiger partial charge on any atom is -0.357 e. The number of nitrogens with zero attached hydrogens (tertiary/aromatic N) is 2. The van der Waals surface area contributed by atoms with E-state index in [2.05, 4.69) is 11.0 Å². The zero-order valence-corrected chi connectivity index (χ0v) is 12.7. The minimum atomic E-state index is 0.106. The van der Waals surface area contributed by atoms with Crippen molar-refractivity contribution in [1.82, 2.24) is 4.98 Å². The summed E-state index contributed by atoms with van der Waals surface area (Å²) in [4.78, 5) is 20.0. The van der Waals surface area contributed by atoms with Gasteiger partial charge in [0.25, 0.3) is 0 Å². The maximum Gasteiger partial charge on any atom is 0.194 e. The van der Waals surface area contributed by atoms with E-state index in [1.165, 1.54) is 12.8 Å². The van der Waals surface area contributed by atoms with Crippen LogP contribution in [0, 0.1) is 0 Å². The average Bonchev–Trinajstić information content (AvgIpc) is 3.13. The molecule has 3 heteroatoms. The molecule has 5 rings (SSSR count). The van der Waals surface area contributed by atoms with Crippen LogP contribution in [-0.2, 0) is 0 Å². The zero-order chi connectivity index (χ0) is 15.4. The second-order valence-electron chi connectivity index (χ2n) is 6.30. The molecule has 3 aromatic rings. The van der Waals surface area contributed by atoms with Crippen LogP contribution in [0.15, 0.2) is 48.5 Å². The van der Waals surface area contributed by atoms with Crippen molar-refractivity contribution in [3.05, 3.63) is 59.7 Å². The van der Waals surface area contributed by atoms with E-state index in [0.29, 0.717) is 0 Å². The first kappa shape index (κ1) is 12.8. The van der Waals surface area contributed by atoms with Gasteiger partial charge in [0.1, 0.15) is 5.82 Å². The minimum absolute atomic E-state index is 0.106. The fourth-order valence-corrected chi connectivity index (χ4v) is 3.84. The number of rotatable bonds is 1. The van der Waals surface area contributed by atoms with E-state index in [1.807, 2.05) is 42.5 Å². The number of hydrogen-bond donors (Lipinski definition) is 0. The molecule has 1 saturated heterocycles. The Morgan fingerprint density at radius 2 is 1.57 bits per heavy atom. The van der Waals surface area contributed by atoms with Crippen LogP contribution in [0.1, 0.15) is 28.8 Å². The summed E-state index contributed by atoms with van der Waals surface area (Å²) in [5, 5.41) is 0.999. The highest BCUT2D eigenvalue weighted by molar-refractivity contribution is 6.25. The third-order valence-electron chi connectivity index (χ3n) is 4.96. The number of carbonyl (C=O) groups excluding carboxylic acids is 1. The predicted molar refractivity (Wildman–Crippen MR) is 92.1 cm³/mol. The first-order valence-electron chi connectivity index (χ1n) is 8.16. The van der Waals surface area contributed by atoms with Gasteiger partial charge in [-0.15, -0.1) is 0 Å². The molecular formula is C20H16N2O. The molecule has 0 saturated carbocycles. The van der Waals surface area contributed by atoms with E-state index in [0.717, 1.165) is 52.1 Å². The summed E-state index contributed by atoms with van der Waals surface area (Å²) in [6, 6.07) is 16.0. The Labute approximate surface area is 134 Å². The van der Waals surface area contributed by atoms with Crippen molar-refractivity contribution in [2.45, 2.75) is 12.8 Å². The molecule has 3 nitrogen and oxygen atoms in total. The average molecular weight is 300 g/mol. The summed E-state index contributed by atoms with van der Waals surface area (Å²) >= 11 is 0. The lowest BCUT2D eigenvalue weighted by Gasteiger charge is -2.23. The van der Waals surface area contributed by atoms with Gasteiger partial charge in [-0.2, -0.15) is 0 Å². The van der Waals surface area contributed by atoms with E-state index in [1.54, 1.807) is 0 Å². The lowest BCUT2D eigenvalue weighted by atomic mass is 9.84. The molecule has 0 bridgehead atoms. The summed E-state index contributed by atoms with van der Waals surface area (Å²) in [6.07, 6.45) is 2.45. The van der Waals surface area contributed by atoms with Gasteiger partial charge < -0.3 is 4.90 Å². The number of benzene rings is 2. The third kappa shape index (κ3) is 1.76. The molecule has 1 aliphatic heterocycles. The summed E-state index contributed by atoms with van der Waals surface area (Å²) in [7, 11) is 0. The van der Waals surface area contributed by atoms with E-state index in [9.17, 15) is 4.79 Å². The van der Waals surface area contributed by atoms with Crippen molar-refractivity contribution in [3.63, 3.8) is 0 Å². The highest BCUT2D eigenvalue weighted by Gasteiger charge is 2.26. The van der Waals surface area contributed by atoms with Gasteiger partial charge in [-0.3, -0.25) is 4.79 Å². The Kier molecular flexibility index (Phi) is 2.60. The Morgan fingerprint density at radius 1 is 0.826 bits per heavy atom. The molecule has 2 heterocycles. The molecular weight excluding hydrogens is 284 g/mol. The van der Waals surface area contributed by atoms with Gasteiger partial charge in [0.2, 0.25) is 0 Å². The predicted octanol–water partition coefficient (Wildman–Crippen LogP) is 4.05. The first-order chi connectivity index (χ1) is 11.3. The van der Waals surface area contributed by atoms with Crippen LogP contribution >= 0.6 is 0 Å². The normalized spacial score (nSPS) is 16.0. The summed E-state index contributed by atoms with van der Waals surface area (Å²) < 4.78 is 0. The van der Waals surface area contributed by atoms with E-state index in [-0.39, 0.29) is 5.78 Å². The lowest BCUT2D eigenvalue weighted by molar-refractivity contribution is 0.104. The highest BCUT2D eigenvalue weighted by atomic mass is 16.1. The molecule has 1 fully saturated rings. The monoisotopic (exact) mass is 300 g/mol. The number of aromatic nitrogens is 1. The number of pyridine rings is 1. The largest absolute Gasteiger partial charge is 0.357 e. The lowest BCUT2D eigenvalue weighted by Crippen LogP contribution is -2.20. The maximum atomic E-state index is 12.8. The molecule has 1 aromatic heterocycles. The van der Waals surface area contributed by atoms with E-state index >= 15 is 0 Å². The molecule has 0 radical (unpaired) electrons. The van der Waals surface area contributed by atoms with Gasteiger partial charge in [0, 0.05) is 29.6 Å². The van der Waals surface area contributed by atoms with Crippen LogP contribution in [0.2, 0.25) is 0 Å². The number of ketones is 1. The van der Waals surface area contributed by atoms with Crippen molar-refractivity contribution >= 4 is 22.5 Å². The molecule has 0 spiro atoms. The smallest absolute Gasteiger partial charge is 0.194 e. The van der Waals surface area contributed by atoms with Crippen molar-refractivity contribution < 1.29 is 4.79 Å². The van der Waals surface area contributed by atoms with Crippen LogP contribution in [0.4, 0.5) is 5.82 Å². The van der Waals surface area contributed by atoms with Gasteiger partial charge in [-0.1, -0.05) is 36.4 Å². The number of anilines is 1. The van der Waals surface area contributed by atoms with Crippen molar-refractivity contribution in [2.24, 2.45) is 0 Å². The Bertz CT molecular complexity index is 955. The molecule has 0 N–H and O–H groups in total. The highest BCUT2D eigenvalue weighted by Crippen LogP contribution is 2.40. The standard InChI is InChI=1S/C20H16N2O/c23-20-14-7-2-1-6-13(14)16-12-18(22-10-3-4-11-22)21-17-9-5-8-15(20)19(16)17/h1-2,5-9,12H,3-4,10-11H2. The van der Waals surface area contributed by atoms with Crippen LogP contribution in [-0.4, -0.2) is 23.9 Å². The summed E-state index contributed by atoms with van der Waals surface area (Å²) in [5.41, 5.74) is 4.67. The van der Waals surface area contributed by atoms with Crippen molar-refractivity contribution in [3.8, 4) is 11.1 Å². The number of carbonyl (C=O) groups is 1. The van der Waals surface area contributed by atoms with E-state index in [4.69, 9.17) is 4.98 Å². The number of hydrogen-bond acceptors (Lipinski definition) is 3. The zero-order valence-electron chi connectivity index (χ0n) is 12.7. The van der Waals surface area contributed by atoms with Crippen LogP contribution in [0.3, 0.4) is 0 Å². The molecule has 2 aromatic carbocycles. The molecule has 1 aliphatic carbocycles. The molecule has 0 amide bonds. The number of fused-ring (bicyclic) bond motifs is 2. The molecule has 112 valence electrons. The summed E-state index contributed by atoms with van der Waals surface area (Å²) in [5.74, 6) is 1.14. The van der Waals surface area contributed by atoms with Crippen LogP contribution < -0.4 is 4.90 Å². The quantitative estimate of drug-likeness (QED) is 0.532. The molecule has 23 heavy (non-hydrogen) atoms. The summed E-state index contributed by atoms with van der Waals surface area (Å²) in [6.45, 7) is 2.14. The van der Waals surface area contributed by atoms with E-state index < -0.39 is 0 Å². The van der Waals surface area contributed by atoms with Gasteiger partial charge in [0.05, 0.1) is 5.52 Å². The third-order valence-corrected chi connectivity index (χ3v) is 4.96. The first-order valence-corrected chi connectivity index (χ1v) is 8.16. The maximum absolute atomic E-state index is 12.8. The Hall–Kier alpha value is -2.68. The fourth-order valence-electron chi connectivity index (χ4n) is 3.84. The molecule has 2 aliphatic rings. The van der Waals surface area contributed by atoms with Gasteiger partial charge in [-0.05, 0) is 36.1 Å². The second-order valence-corrected chi connectivity index (χ2v) is 6.30. The van der Waals surface area contributed by atoms with Gasteiger partial charge >= 0.3 is 0 Å². The molecule has 0 unspecified atom stereocenters. The molecule has 0 atom stereocenters. The van der Waals surface area contributed by atoms with Gasteiger partial charge in [0.15, 0.2) is 5.78 Å². The second kappa shape index (κ2) is 4.66. The topological polar surface area (TPSA) is 33.2 Å². The van der Waals surface area contributed by atoms with Crippen molar-refractivity contribution in [2.75, 3.05) is 18.0 Å². The van der Waals surface area contributed by atoms with Gasteiger partial charge in [-0.25, -0.2) is 4.98 Å². The van der Waals surface area contributed by atoms with Crippen molar-refractivity contribution in [1.29, 1.82) is 0 Å².